The van der Waals surface area contributed by atoms with Crippen molar-refractivity contribution in [3.8, 4) is 0 Å². The molecule has 0 aliphatic carbocycles. The third-order valence-electron chi connectivity index (χ3n) is 0.759. The monoisotopic (exact) mass is 213 g/mol. The highest BCUT2D eigenvalue weighted by Gasteiger charge is 2.61. The van der Waals surface area contributed by atoms with E-state index in [0.29, 0.717) is 0 Å². The largest absolute Gasteiger partial charge is 0.429 e. The molecule has 0 saturated carbocycles. The van der Waals surface area contributed by atoms with Crippen LogP contribution >= 0.6 is 0 Å². The molecule has 0 unspecified atom stereocenters. The first kappa shape index (κ1) is 11.6. The van der Waals surface area contributed by atoms with E-state index in [9.17, 15) is 26.3 Å². The molecule has 0 spiro atoms. The van der Waals surface area contributed by atoms with Crippen molar-refractivity contribution in [1.29, 1.82) is 0 Å². The van der Waals surface area contributed by atoms with Gasteiger partial charge in [0.2, 0.25) is 0 Å². The zero-order valence-corrected chi connectivity index (χ0v) is 6.19. The molecule has 0 aromatic heterocycles. The first-order valence-corrected chi connectivity index (χ1v) is 3.31. The van der Waals surface area contributed by atoms with Gasteiger partial charge in [0.25, 0.3) is 0 Å². The van der Waals surface area contributed by atoms with E-state index >= 15 is 0 Å². The highest BCUT2D eigenvalue weighted by atomic mass is 32.2. The van der Waals surface area contributed by atoms with E-state index in [0.717, 1.165) is 0 Å². The molecule has 1 nitrogen and oxygen atoms in total. The molecule has 0 N–H and O–H groups in total. The van der Waals surface area contributed by atoms with Gasteiger partial charge in [-0.15, -0.1) is 0 Å². The Morgan fingerprint density at radius 3 is 1.42 bits per heavy atom. The summed E-state index contributed by atoms with van der Waals surface area (Å²) in [7, 11) is 0. The second-order valence-electron chi connectivity index (χ2n) is 1.68. The quantitative estimate of drug-likeness (QED) is 0.295. The lowest BCUT2D eigenvalue weighted by Gasteiger charge is -2.15. The van der Waals surface area contributed by atoms with E-state index in [1.165, 1.54) is 0 Å². The normalized spacial score (nSPS) is 13.6. The zero-order chi connectivity index (χ0) is 9.99. The Morgan fingerprint density at radius 1 is 1.00 bits per heavy atom. The molecular formula is C4H3F6OS+. The lowest BCUT2D eigenvalue weighted by molar-refractivity contribution is -0.296. The maximum absolute atomic E-state index is 11.5. The van der Waals surface area contributed by atoms with Gasteiger partial charge in [-0.3, -0.25) is 0 Å². The van der Waals surface area contributed by atoms with Gasteiger partial charge >= 0.3 is 30.1 Å². The Kier molecular flexibility index (Phi) is 3.45. The van der Waals surface area contributed by atoms with Crippen molar-refractivity contribution in [3.05, 3.63) is 0 Å². The fourth-order valence-electron chi connectivity index (χ4n) is 0.363. The van der Waals surface area contributed by atoms with Crippen molar-refractivity contribution in [2.24, 2.45) is 0 Å². The summed E-state index contributed by atoms with van der Waals surface area (Å²) in [6.07, 6.45) is -14.7. The van der Waals surface area contributed by atoms with Crippen LogP contribution in [0.5, 0.6) is 0 Å². The predicted octanol–water partition coefficient (Wildman–Crippen LogP) is 1.93. The van der Waals surface area contributed by atoms with E-state index in [2.05, 4.69) is 10.1 Å². The number of hydrogen-bond donors (Lipinski definition) is 0. The second kappa shape index (κ2) is 3.56. The number of hydrogen-bond acceptors (Lipinski definition) is 1. The average molecular weight is 213 g/mol. The molecule has 0 atom stereocenters. The van der Waals surface area contributed by atoms with Gasteiger partial charge in [0.1, 0.15) is 0 Å². The van der Waals surface area contributed by atoms with Gasteiger partial charge in [0, 0.05) is 0 Å². The van der Waals surface area contributed by atoms with Crippen LogP contribution in [0.15, 0.2) is 0 Å². The Balaban J connectivity index is 4.56. The van der Waals surface area contributed by atoms with Crippen molar-refractivity contribution in [3.63, 3.8) is 0 Å². The summed E-state index contributed by atoms with van der Waals surface area (Å²) < 4.78 is 72.4. The highest BCUT2D eigenvalue weighted by molar-refractivity contribution is 7.71. The molecule has 0 amide bonds. The van der Waals surface area contributed by atoms with Gasteiger partial charge in [-0.1, -0.05) is 4.18 Å². The third-order valence-corrected chi connectivity index (χ3v) is 1.09. The molecule has 8 heteroatoms. The van der Waals surface area contributed by atoms with Crippen LogP contribution < -0.4 is 0 Å². The van der Waals surface area contributed by atoms with Gasteiger partial charge in [-0.25, -0.2) is 0 Å². The van der Waals surface area contributed by atoms with Crippen molar-refractivity contribution < 1.29 is 30.5 Å². The SMILES string of the molecule is C=[S+]OC(C(F)(F)F)C(F)(F)F. The molecule has 0 radical (unpaired) electrons. The maximum atomic E-state index is 11.5. The summed E-state index contributed by atoms with van der Waals surface area (Å²) in [5, 5.41) is 0. The second-order valence-corrected chi connectivity index (χ2v) is 2.11. The summed E-state index contributed by atoms with van der Waals surface area (Å²) in [5.41, 5.74) is 0. The van der Waals surface area contributed by atoms with Crippen LogP contribution in [0, 0.1) is 0 Å². The van der Waals surface area contributed by atoms with E-state index in [-0.39, 0.29) is 11.6 Å². The third kappa shape index (κ3) is 3.35. The van der Waals surface area contributed by atoms with Crippen LogP contribution in [0.25, 0.3) is 0 Å². The van der Waals surface area contributed by atoms with Crippen molar-refractivity contribution in [2.45, 2.75) is 18.5 Å². The van der Waals surface area contributed by atoms with E-state index in [1.54, 1.807) is 0 Å². The lowest BCUT2D eigenvalue weighted by atomic mass is 10.3. The fourth-order valence-corrected chi connectivity index (χ4v) is 0.717. The van der Waals surface area contributed by atoms with Gasteiger partial charge in [-0.05, 0) is 0 Å². The molecule has 0 aliphatic rings. The number of halogens is 6. The van der Waals surface area contributed by atoms with Crippen molar-refractivity contribution in [2.75, 3.05) is 0 Å². The Bertz CT molecular complexity index is 146. The zero-order valence-electron chi connectivity index (χ0n) is 5.37. The Hall–Kier alpha value is -0.370. The van der Waals surface area contributed by atoms with Crippen LogP contribution in [-0.4, -0.2) is 24.3 Å². The van der Waals surface area contributed by atoms with Crippen molar-refractivity contribution in [1.82, 2.24) is 0 Å². The first-order chi connectivity index (χ1) is 5.19. The molecule has 12 heavy (non-hydrogen) atoms. The molecular weight excluding hydrogens is 210 g/mol. The summed E-state index contributed by atoms with van der Waals surface area (Å²) in [6.45, 7) is 0. The maximum Gasteiger partial charge on any atom is 0.429 e. The summed E-state index contributed by atoms with van der Waals surface area (Å²) in [5.74, 6) is 2.65. The smallest absolute Gasteiger partial charge is 0.167 e. The Labute approximate surface area is 67.5 Å². The minimum absolute atomic E-state index is 0.227. The van der Waals surface area contributed by atoms with Crippen LogP contribution in [0.4, 0.5) is 26.3 Å². The molecule has 0 bridgehead atoms. The molecule has 0 aromatic rings. The molecule has 0 rings (SSSR count). The fraction of sp³-hybridized carbons (Fsp3) is 0.750. The van der Waals surface area contributed by atoms with Gasteiger partial charge < -0.3 is 0 Å². The topological polar surface area (TPSA) is 9.23 Å². The van der Waals surface area contributed by atoms with Gasteiger partial charge in [0.15, 0.2) is 5.87 Å². The first-order valence-electron chi connectivity index (χ1n) is 2.40. The molecule has 0 heterocycles. The average Bonchev–Trinajstić information content (AvgIpc) is 1.77. The van der Waals surface area contributed by atoms with Crippen LogP contribution in [0.2, 0.25) is 0 Å². The minimum Gasteiger partial charge on any atom is -0.167 e. The number of rotatable bonds is 2. The lowest BCUT2D eigenvalue weighted by Crippen LogP contribution is -2.43. The number of alkyl halides is 6. The predicted molar refractivity (Wildman–Crippen MR) is 31.5 cm³/mol. The van der Waals surface area contributed by atoms with Crippen LogP contribution in [-0.2, 0) is 15.8 Å². The summed E-state index contributed by atoms with van der Waals surface area (Å²) in [6, 6.07) is 0. The highest BCUT2D eigenvalue weighted by Crippen LogP contribution is 2.35. The van der Waals surface area contributed by atoms with Crippen LogP contribution in [0.1, 0.15) is 0 Å². The van der Waals surface area contributed by atoms with E-state index in [4.69, 9.17) is 0 Å². The molecule has 0 aromatic carbocycles. The van der Waals surface area contributed by atoms with Gasteiger partial charge in [0.05, 0.1) is 0 Å². The van der Waals surface area contributed by atoms with Gasteiger partial charge in [-0.2, -0.15) is 26.3 Å². The molecule has 0 fully saturated rings. The van der Waals surface area contributed by atoms with E-state index < -0.39 is 18.5 Å². The molecule has 72 valence electrons. The minimum atomic E-state index is -5.46. The standard InChI is InChI=1S/C4H3F6OS/c1-12-11-2(3(5,6)7)4(8,9)10/h2H,1H2/q+1. The summed E-state index contributed by atoms with van der Waals surface area (Å²) >= 11 is -0.227. The molecule has 0 aliphatic heterocycles. The molecule has 0 saturated heterocycles. The van der Waals surface area contributed by atoms with E-state index in [1.807, 2.05) is 0 Å². The van der Waals surface area contributed by atoms with Crippen LogP contribution in [0.3, 0.4) is 0 Å². The summed E-state index contributed by atoms with van der Waals surface area (Å²) in [4.78, 5) is 0. The van der Waals surface area contributed by atoms with Crippen molar-refractivity contribution >= 4 is 17.5 Å². The Morgan fingerprint density at radius 2 is 1.33 bits per heavy atom.